The van der Waals surface area contributed by atoms with E-state index in [9.17, 15) is 23.5 Å². The zero-order valence-corrected chi connectivity index (χ0v) is 20.3. The minimum absolute atomic E-state index is 0.0779. The Labute approximate surface area is 208 Å². The smallest absolute Gasteiger partial charge is 0.247 e. The summed E-state index contributed by atoms with van der Waals surface area (Å²) in [6, 6.07) is 9.86. The molecule has 0 saturated heterocycles. The molecule has 0 aliphatic carbocycles. The minimum atomic E-state index is -1.04. The van der Waals surface area contributed by atoms with E-state index in [2.05, 4.69) is 20.7 Å². The van der Waals surface area contributed by atoms with Crippen molar-refractivity contribution in [3.05, 3.63) is 65.7 Å². The number of aliphatic hydroxyl groups is 1. The molecule has 0 unspecified atom stereocenters. The largest absolute Gasteiger partial charge is 0.396 e. The van der Waals surface area contributed by atoms with Gasteiger partial charge in [-0.1, -0.05) is 26.0 Å². The van der Waals surface area contributed by atoms with E-state index < -0.39 is 29.5 Å². The summed E-state index contributed by atoms with van der Waals surface area (Å²) in [7, 11) is 0. The molecule has 2 N–H and O–H groups in total. The first-order valence-electron chi connectivity index (χ1n) is 11.8. The average molecular weight is 501 g/mol. The molecule has 3 rings (SSSR count). The monoisotopic (exact) mass is 500 g/mol. The predicted octanol–water partition coefficient (Wildman–Crippen LogP) is 2.73. The van der Waals surface area contributed by atoms with Crippen LogP contribution in [-0.4, -0.2) is 61.7 Å². The maximum Gasteiger partial charge on any atom is 0.247 e. The number of tetrazole rings is 1. The van der Waals surface area contributed by atoms with Crippen LogP contribution in [0, 0.1) is 17.6 Å². The number of aliphatic hydroxyl groups excluding tert-OH is 1. The first kappa shape index (κ1) is 26.9. The number of hydrogen-bond acceptors (Lipinski definition) is 6. The van der Waals surface area contributed by atoms with Crippen LogP contribution < -0.4 is 5.32 Å². The standard InChI is InChI=1S/C25H30F2N6O3/c1-17(2)12-13-28-25(36)23(18-4-8-20(26)9-5-18)32(14-3-15-34)22(35)16-33-30-24(29-31-33)19-6-10-21(27)11-7-19/h4-11,17,23,34H,3,12-16H2,1-2H3,(H,28,36)/t23-/m0/s1. The second-order valence-electron chi connectivity index (χ2n) is 8.74. The van der Waals surface area contributed by atoms with Gasteiger partial charge in [-0.2, -0.15) is 4.80 Å². The summed E-state index contributed by atoms with van der Waals surface area (Å²) in [5.74, 6) is -1.18. The molecule has 0 bridgehead atoms. The number of rotatable bonds is 12. The molecular weight excluding hydrogens is 470 g/mol. The van der Waals surface area contributed by atoms with E-state index in [0.717, 1.165) is 11.2 Å². The maximum atomic E-state index is 13.6. The fourth-order valence-corrected chi connectivity index (χ4v) is 3.57. The Kier molecular flexibility index (Phi) is 9.57. The van der Waals surface area contributed by atoms with Crippen molar-refractivity contribution in [1.29, 1.82) is 0 Å². The van der Waals surface area contributed by atoms with Gasteiger partial charge in [0, 0.05) is 25.3 Å². The van der Waals surface area contributed by atoms with E-state index in [1.54, 1.807) is 0 Å². The molecule has 2 amide bonds. The molecule has 0 saturated carbocycles. The molecule has 36 heavy (non-hydrogen) atoms. The van der Waals surface area contributed by atoms with Crippen LogP contribution in [0.3, 0.4) is 0 Å². The lowest BCUT2D eigenvalue weighted by molar-refractivity contribution is -0.142. The SMILES string of the molecule is CC(C)CCNC(=O)[C@H](c1ccc(F)cc1)N(CCCO)C(=O)Cn1nnc(-c2ccc(F)cc2)n1. The van der Waals surface area contributed by atoms with Crippen LogP contribution in [0.4, 0.5) is 8.78 Å². The molecule has 0 spiro atoms. The average Bonchev–Trinajstić information content (AvgIpc) is 3.31. The van der Waals surface area contributed by atoms with Gasteiger partial charge in [-0.15, -0.1) is 10.2 Å². The van der Waals surface area contributed by atoms with Gasteiger partial charge in [0.2, 0.25) is 17.6 Å². The van der Waals surface area contributed by atoms with Gasteiger partial charge in [0.15, 0.2) is 0 Å². The number of halogens is 2. The van der Waals surface area contributed by atoms with Crippen molar-refractivity contribution in [3.63, 3.8) is 0 Å². The lowest BCUT2D eigenvalue weighted by atomic mass is 10.0. The van der Waals surface area contributed by atoms with Crippen molar-refractivity contribution in [2.75, 3.05) is 19.7 Å². The Hall–Kier alpha value is -3.73. The molecule has 0 aliphatic heterocycles. The Balaban J connectivity index is 1.85. The molecule has 1 heterocycles. The highest BCUT2D eigenvalue weighted by Gasteiger charge is 2.31. The molecule has 192 valence electrons. The highest BCUT2D eigenvalue weighted by molar-refractivity contribution is 5.88. The number of nitrogens with one attached hydrogen (secondary N) is 1. The van der Waals surface area contributed by atoms with Crippen LogP contribution in [0.1, 0.15) is 38.3 Å². The summed E-state index contributed by atoms with van der Waals surface area (Å²) in [6.45, 7) is 4.05. The van der Waals surface area contributed by atoms with Crippen molar-refractivity contribution in [3.8, 4) is 11.4 Å². The second-order valence-corrected chi connectivity index (χ2v) is 8.74. The van der Waals surface area contributed by atoms with Crippen LogP contribution in [0.15, 0.2) is 48.5 Å². The number of amides is 2. The third kappa shape index (κ3) is 7.38. The number of carbonyl (C=O) groups is 2. The van der Waals surface area contributed by atoms with Crippen molar-refractivity contribution < 1.29 is 23.5 Å². The zero-order valence-electron chi connectivity index (χ0n) is 20.3. The summed E-state index contributed by atoms with van der Waals surface area (Å²) in [5, 5.41) is 24.3. The van der Waals surface area contributed by atoms with Gasteiger partial charge in [0.05, 0.1) is 0 Å². The fraction of sp³-hybridized carbons (Fsp3) is 0.400. The number of benzene rings is 2. The third-order valence-corrected chi connectivity index (χ3v) is 5.48. The molecule has 11 heteroatoms. The quantitative estimate of drug-likeness (QED) is 0.395. The van der Waals surface area contributed by atoms with Gasteiger partial charge in [0.25, 0.3) is 0 Å². The van der Waals surface area contributed by atoms with E-state index in [4.69, 9.17) is 0 Å². The third-order valence-electron chi connectivity index (χ3n) is 5.48. The van der Waals surface area contributed by atoms with Crippen molar-refractivity contribution in [2.24, 2.45) is 5.92 Å². The number of carbonyl (C=O) groups excluding carboxylic acids is 2. The van der Waals surface area contributed by atoms with Crippen LogP contribution in [0.25, 0.3) is 11.4 Å². The minimum Gasteiger partial charge on any atom is -0.396 e. The van der Waals surface area contributed by atoms with E-state index in [1.807, 2.05) is 13.8 Å². The second kappa shape index (κ2) is 12.8. The summed E-state index contributed by atoms with van der Waals surface area (Å²) in [6.07, 6.45) is 0.982. The Morgan fingerprint density at radius 1 is 1.06 bits per heavy atom. The first-order valence-corrected chi connectivity index (χ1v) is 11.8. The molecular formula is C25H30F2N6O3. The Bertz CT molecular complexity index is 1140. The van der Waals surface area contributed by atoms with E-state index in [0.29, 0.717) is 23.6 Å². The maximum absolute atomic E-state index is 13.6. The molecule has 0 fully saturated rings. The fourth-order valence-electron chi connectivity index (χ4n) is 3.57. The van der Waals surface area contributed by atoms with E-state index in [-0.39, 0.29) is 31.9 Å². The summed E-state index contributed by atoms with van der Waals surface area (Å²) in [4.78, 5) is 29.1. The first-order chi connectivity index (χ1) is 17.3. The van der Waals surface area contributed by atoms with Gasteiger partial charge in [-0.3, -0.25) is 9.59 Å². The summed E-state index contributed by atoms with van der Waals surface area (Å²) in [5.41, 5.74) is 0.962. The number of hydrogen-bond donors (Lipinski definition) is 2. The summed E-state index contributed by atoms with van der Waals surface area (Å²) < 4.78 is 26.8. The lowest BCUT2D eigenvalue weighted by Crippen LogP contribution is -2.46. The van der Waals surface area contributed by atoms with Gasteiger partial charge in [-0.25, -0.2) is 8.78 Å². The zero-order chi connectivity index (χ0) is 26.1. The molecule has 1 aromatic heterocycles. The number of nitrogens with zero attached hydrogens (tertiary/aromatic N) is 5. The van der Waals surface area contributed by atoms with Crippen molar-refractivity contribution >= 4 is 11.8 Å². The highest BCUT2D eigenvalue weighted by Crippen LogP contribution is 2.23. The van der Waals surface area contributed by atoms with E-state index >= 15 is 0 Å². The molecule has 0 radical (unpaired) electrons. The molecule has 0 aliphatic rings. The van der Waals surface area contributed by atoms with Crippen LogP contribution in [0.2, 0.25) is 0 Å². The Morgan fingerprint density at radius 3 is 2.31 bits per heavy atom. The van der Waals surface area contributed by atoms with Crippen molar-refractivity contribution in [2.45, 2.75) is 39.3 Å². The predicted molar refractivity (Wildman–Crippen MR) is 128 cm³/mol. The van der Waals surface area contributed by atoms with Gasteiger partial charge in [-0.05, 0) is 65.9 Å². The Morgan fingerprint density at radius 2 is 1.69 bits per heavy atom. The van der Waals surface area contributed by atoms with Gasteiger partial charge in [0.1, 0.15) is 24.2 Å². The van der Waals surface area contributed by atoms with E-state index in [1.165, 1.54) is 53.4 Å². The van der Waals surface area contributed by atoms with Crippen molar-refractivity contribution in [1.82, 2.24) is 30.4 Å². The van der Waals surface area contributed by atoms with Crippen LogP contribution in [-0.2, 0) is 16.1 Å². The highest BCUT2D eigenvalue weighted by atomic mass is 19.1. The molecule has 9 nitrogen and oxygen atoms in total. The topological polar surface area (TPSA) is 113 Å². The van der Waals surface area contributed by atoms with Gasteiger partial charge >= 0.3 is 0 Å². The lowest BCUT2D eigenvalue weighted by Gasteiger charge is -2.31. The van der Waals surface area contributed by atoms with Crippen LogP contribution >= 0.6 is 0 Å². The van der Waals surface area contributed by atoms with Gasteiger partial charge < -0.3 is 15.3 Å². The number of aromatic nitrogens is 4. The molecule has 1 atom stereocenters. The molecule has 2 aromatic carbocycles. The molecule has 3 aromatic rings. The van der Waals surface area contributed by atoms with Crippen LogP contribution in [0.5, 0.6) is 0 Å². The summed E-state index contributed by atoms with van der Waals surface area (Å²) >= 11 is 0. The normalized spacial score (nSPS) is 11.9.